The fraction of sp³-hybridized carbons (Fsp3) is 0.818. The second-order valence-corrected chi connectivity index (χ2v) is 8.38. The first-order valence-corrected chi connectivity index (χ1v) is 9.99. The van der Waals surface area contributed by atoms with Crippen LogP contribution in [-0.2, 0) is 9.47 Å². The van der Waals surface area contributed by atoms with E-state index in [0.717, 1.165) is 43.8 Å². The third kappa shape index (κ3) is 6.04. The second-order valence-electron chi connectivity index (χ2n) is 8.38. The van der Waals surface area contributed by atoms with Crippen molar-refractivity contribution in [3.8, 4) is 0 Å². The van der Waals surface area contributed by atoms with Crippen LogP contribution in [0.1, 0.15) is 79.6 Å². The van der Waals surface area contributed by atoms with Gasteiger partial charge >= 0.3 is 0 Å². The molecule has 3 atom stereocenters. The van der Waals surface area contributed by atoms with Gasteiger partial charge in [-0.25, -0.2) is 0 Å². The maximum Gasteiger partial charge on any atom is 0.166 e. The standard InChI is InChI=1S/C22H38O2/c1-17(10-7-13-22(5)23-14-15-24-22)8-6-9-18(2)11-12-21-16-19(3)20(21)4/h9-10,19-21H,6-8,11-16H2,1-5H3/b17-10-,18-9-/t19?,20?,21-/m0/s1. The summed E-state index contributed by atoms with van der Waals surface area (Å²) in [6.45, 7) is 12.9. The minimum atomic E-state index is -0.344. The van der Waals surface area contributed by atoms with E-state index in [1.54, 1.807) is 5.57 Å². The summed E-state index contributed by atoms with van der Waals surface area (Å²) in [5.41, 5.74) is 3.07. The molecule has 0 aromatic heterocycles. The van der Waals surface area contributed by atoms with Gasteiger partial charge in [0.25, 0.3) is 0 Å². The van der Waals surface area contributed by atoms with E-state index in [1.807, 2.05) is 0 Å². The molecule has 2 unspecified atom stereocenters. The predicted molar refractivity (Wildman–Crippen MR) is 102 cm³/mol. The van der Waals surface area contributed by atoms with Gasteiger partial charge in [-0.2, -0.15) is 0 Å². The Morgan fingerprint density at radius 1 is 1.00 bits per heavy atom. The fourth-order valence-electron chi connectivity index (χ4n) is 4.00. The van der Waals surface area contributed by atoms with Gasteiger partial charge in [0.05, 0.1) is 13.2 Å². The van der Waals surface area contributed by atoms with Crippen LogP contribution in [-0.4, -0.2) is 19.0 Å². The van der Waals surface area contributed by atoms with Crippen LogP contribution in [0.2, 0.25) is 0 Å². The van der Waals surface area contributed by atoms with Crippen LogP contribution in [0.5, 0.6) is 0 Å². The Balaban J connectivity index is 1.58. The van der Waals surface area contributed by atoms with Crippen LogP contribution in [0.15, 0.2) is 23.3 Å². The van der Waals surface area contributed by atoms with Crippen molar-refractivity contribution >= 4 is 0 Å². The molecule has 0 aromatic rings. The molecule has 0 bridgehead atoms. The molecule has 24 heavy (non-hydrogen) atoms. The molecule has 0 N–H and O–H groups in total. The lowest BCUT2D eigenvalue weighted by atomic mass is 9.65. The topological polar surface area (TPSA) is 18.5 Å². The van der Waals surface area contributed by atoms with Gasteiger partial charge in [0.1, 0.15) is 0 Å². The van der Waals surface area contributed by atoms with Gasteiger partial charge in [-0.15, -0.1) is 0 Å². The van der Waals surface area contributed by atoms with Gasteiger partial charge in [0.2, 0.25) is 0 Å². The van der Waals surface area contributed by atoms with Crippen molar-refractivity contribution < 1.29 is 9.47 Å². The van der Waals surface area contributed by atoms with E-state index in [-0.39, 0.29) is 5.79 Å². The summed E-state index contributed by atoms with van der Waals surface area (Å²) in [6.07, 6.45) is 13.3. The zero-order valence-corrected chi connectivity index (χ0v) is 16.6. The molecule has 1 aliphatic heterocycles. The van der Waals surface area contributed by atoms with Crippen LogP contribution in [0.4, 0.5) is 0 Å². The summed E-state index contributed by atoms with van der Waals surface area (Å²) in [5, 5.41) is 0. The minimum Gasteiger partial charge on any atom is -0.348 e. The van der Waals surface area contributed by atoms with Crippen molar-refractivity contribution in [2.45, 2.75) is 85.4 Å². The van der Waals surface area contributed by atoms with Crippen molar-refractivity contribution in [2.24, 2.45) is 17.8 Å². The first kappa shape index (κ1) is 19.7. The number of rotatable bonds is 9. The Hall–Kier alpha value is -0.600. The van der Waals surface area contributed by atoms with E-state index in [2.05, 4.69) is 46.8 Å². The first-order chi connectivity index (χ1) is 11.4. The van der Waals surface area contributed by atoms with E-state index < -0.39 is 0 Å². The molecule has 0 spiro atoms. The van der Waals surface area contributed by atoms with Crippen molar-refractivity contribution in [3.63, 3.8) is 0 Å². The second kappa shape index (κ2) is 9.20. The van der Waals surface area contributed by atoms with Crippen LogP contribution in [0, 0.1) is 17.8 Å². The lowest BCUT2D eigenvalue weighted by Crippen LogP contribution is -2.32. The Kier molecular flexibility index (Phi) is 7.56. The van der Waals surface area contributed by atoms with Crippen molar-refractivity contribution in [1.82, 2.24) is 0 Å². The number of ether oxygens (including phenoxy) is 2. The van der Waals surface area contributed by atoms with Crippen LogP contribution in [0.25, 0.3) is 0 Å². The summed E-state index contributed by atoms with van der Waals surface area (Å²) >= 11 is 0. The van der Waals surface area contributed by atoms with Crippen LogP contribution < -0.4 is 0 Å². The molecule has 2 aliphatic rings. The summed E-state index contributed by atoms with van der Waals surface area (Å²) in [7, 11) is 0. The van der Waals surface area contributed by atoms with E-state index >= 15 is 0 Å². The van der Waals surface area contributed by atoms with E-state index in [4.69, 9.17) is 9.47 Å². The highest BCUT2D eigenvalue weighted by Gasteiger charge is 2.33. The maximum atomic E-state index is 5.65. The zero-order valence-electron chi connectivity index (χ0n) is 16.6. The summed E-state index contributed by atoms with van der Waals surface area (Å²) in [4.78, 5) is 0. The average molecular weight is 335 g/mol. The SMILES string of the molecule is C/C(=C/CCC1(C)OCCO1)CC/C=C(/C)CC[C@H]1CC(C)C1C. The molecule has 1 saturated carbocycles. The molecule has 1 heterocycles. The monoisotopic (exact) mass is 334 g/mol. The number of hydrogen-bond acceptors (Lipinski definition) is 2. The number of allylic oxidation sites excluding steroid dienone is 4. The molecule has 1 saturated heterocycles. The Morgan fingerprint density at radius 3 is 2.25 bits per heavy atom. The van der Waals surface area contributed by atoms with Crippen molar-refractivity contribution in [3.05, 3.63) is 23.3 Å². The quantitative estimate of drug-likeness (QED) is 0.462. The van der Waals surface area contributed by atoms with Gasteiger partial charge < -0.3 is 9.47 Å². The van der Waals surface area contributed by atoms with Crippen LogP contribution in [0.3, 0.4) is 0 Å². The molecule has 138 valence electrons. The van der Waals surface area contributed by atoms with Crippen molar-refractivity contribution in [1.29, 1.82) is 0 Å². The molecular formula is C22H38O2. The van der Waals surface area contributed by atoms with Gasteiger partial charge in [-0.05, 0) is 77.0 Å². The Labute approximate surface area is 149 Å². The molecule has 2 fully saturated rings. The van der Waals surface area contributed by atoms with E-state index in [9.17, 15) is 0 Å². The van der Waals surface area contributed by atoms with E-state index in [0.29, 0.717) is 0 Å². The molecule has 1 aliphatic carbocycles. The minimum absolute atomic E-state index is 0.344. The Bertz CT molecular complexity index is 443. The highest BCUT2D eigenvalue weighted by Crippen LogP contribution is 2.42. The highest BCUT2D eigenvalue weighted by molar-refractivity contribution is 5.04. The summed E-state index contributed by atoms with van der Waals surface area (Å²) < 4.78 is 11.3. The molecule has 0 amide bonds. The van der Waals surface area contributed by atoms with Gasteiger partial charge in [-0.3, -0.25) is 0 Å². The third-order valence-electron chi connectivity index (χ3n) is 6.25. The summed E-state index contributed by atoms with van der Waals surface area (Å²) in [5.74, 6) is 2.53. The molecule has 0 radical (unpaired) electrons. The van der Waals surface area contributed by atoms with Gasteiger partial charge in [0.15, 0.2) is 5.79 Å². The average Bonchev–Trinajstić information content (AvgIpc) is 2.97. The molecule has 2 nitrogen and oxygen atoms in total. The lowest BCUT2D eigenvalue weighted by Gasteiger charge is -2.41. The summed E-state index contributed by atoms with van der Waals surface area (Å²) in [6, 6.07) is 0. The van der Waals surface area contributed by atoms with Crippen molar-refractivity contribution in [2.75, 3.05) is 13.2 Å². The van der Waals surface area contributed by atoms with E-state index in [1.165, 1.54) is 37.7 Å². The maximum absolute atomic E-state index is 5.65. The zero-order chi connectivity index (χ0) is 17.6. The molecule has 0 aromatic carbocycles. The fourth-order valence-corrected chi connectivity index (χ4v) is 4.00. The molecular weight excluding hydrogens is 296 g/mol. The normalized spacial score (nSPS) is 30.5. The largest absolute Gasteiger partial charge is 0.348 e. The highest BCUT2D eigenvalue weighted by atomic mass is 16.7. The number of hydrogen-bond donors (Lipinski definition) is 0. The smallest absolute Gasteiger partial charge is 0.166 e. The first-order valence-electron chi connectivity index (χ1n) is 9.99. The third-order valence-corrected chi connectivity index (χ3v) is 6.25. The predicted octanol–water partition coefficient (Wildman–Crippen LogP) is 6.27. The van der Waals surface area contributed by atoms with Crippen LogP contribution >= 0.6 is 0 Å². The molecule has 2 heteroatoms. The lowest BCUT2D eigenvalue weighted by molar-refractivity contribution is -0.145. The molecule has 2 rings (SSSR count). The Morgan fingerprint density at radius 2 is 1.62 bits per heavy atom. The van der Waals surface area contributed by atoms with Gasteiger partial charge in [0, 0.05) is 6.42 Å². The van der Waals surface area contributed by atoms with Gasteiger partial charge in [-0.1, -0.05) is 37.1 Å².